The third-order valence-corrected chi connectivity index (χ3v) is 4.00. The van der Waals surface area contributed by atoms with E-state index in [1.165, 1.54) is 9.75 Å². The zero-order chi connectivity index (χ0) is 13.8. The van der Waals surface area contributed by atoms with E-state index in [0.29, 0.717) is 12.0 Å². The van der Waals surface area contributed by atoms with Crippen molar-refractivity contribution in [1.29, 1.82) is 0 Å². The fourth-order valence-electron chi connectivity index (χ4n) is 1.97. The van der Waals surface area contributed by atoms with Crippen molar-refractivity contribution in [3.8, 4) is 0 Å². The van der Waals surface area contributed by atoms with Gasteiger partial charge in [0.05, 0.1) is 0 Å². The first-order valence-corrected chi connectivity index (χ1v) is 7.50. The molecular formula is C15H21N3S. The first kappa shape index (κ1) is 14.0. The molecule has 2 aromatic rings. The molecule has 0 bridgehead atoms. The summed E-state index contributed by atoms with van der Waals surface area (Å²) in [6.07, 6.45) is 2.67. The van der Waals surface area contributed by atoms with Crippen molar-refractivity contribution < 1.29 is 0 Å². The van der Waals surface area contributed by atoms with Crippen LogP contribution in [0, 0.1) is 6.92 Å². The van der Waals surface area contributed by atoms with Crippen LogP contribution in [-0.2, 0) is 6.42 Å². The number of aromatic nitrogens is 2. The van der Waals surface area contributed by atoms with Crippen LogP contribution in [0.2, 0.25) is 0 Å². The number of thiophene rings is 1. The molecule has 1 N–H and O–H groups in total. The normalized spacial score (nSPS) is 12.7. The third-order valence-electron chi connectivity index (χ3n) is 2.98. The molecule has 0 aliphatic rings. The van der Waals surface area contributed by atoms with Gasteiger partial charge < -0.3 is 5.32 Å². The van der Waals surface area contributed by atoms with E-state index in [-0.39, 0.29) is 0 Å². The molecule has 1 atom stereocenters. The first-order valence-electron chi connectivity index (χ1n) is 6.68. The molecule has 0 spiro atoms. The highest BCUT2D eigenvalue weighted by atomic mass is 32.1. The van der Waals surface area contributed by atoms with Gasteiger partial charge in [-0.1, -0.05) is 13.8 Å². The molecule has 0 radical (unpaired) electrons. The van der Waals surface area contributed by atoms with Crippen LogP contribution in [0.5, 0.6) is 0 Å². The Morgan fingerprint density at radius 3 is 2.63 bits per heavy atom. The monoisotopic (exact) mass is 275 g/mol. The third kappa shape index (κ3) is 4.03. The minimum atomic E-state index is 0.368. The second kappa shape index (κ2) is 6.15. The minimum absolute atomic E-state index is 0.368. The molecule has 102 valence electrons. The van der Waals surface area contributed by atoms with Gasteiger partial charge in [-0.15, -0.1) is 11.3 Å². The summed E-state index contributed by atoms with van der Waals surface area (Å²) < 4.78 is 0. The van der Waals surface area contributed by atoms with Crippen LogP contribution in [0.4, 0.5) is 5.82 Å². The predicted octanol–water partition coefficient (Wildman–Crippen LogP) is 4.01. The highest BCUT2D eigenvalue weighted by Crippen LogP contribution is 2.19. The average Bonchev–Trinajstić information content (AvgIpc) is 2.74. The molecule has 2 rings (SSSR count). The fourth-order valence-corrected chi connectivity index (χ4v) is 2.99. The lowest BCUT2D eigenvalue weighted by Crippen LogP contribution is -2.18. The zero-order valence-corrected chi connectivity index (χ0v) is 12.8. The number of aryl methyl sites for hydroxylation is 1. The molecule has 0 saturated heterocycles. The molecule has 3 nitrogen and oxygen atoms in total. The molecule has 19 heavy (non-hydrogen) atoms. The first-order chi connectivity index (χ1) is 9.04. The van der Waals surface area contributed by atoms with Crippen LogP contribution in [-0.4, -0.2) is 16.0 Å². The number of rotatable bonds is 5. The Morgan fingerprint density at radius 1 is 1.21 bits per heavy atom. The number of hydrogen-bond acceptors (Lipinski definition) is 4. The van der Waals surface area contributed by atoms with E-state index in [1.807, 2.05) is 17.4 Å². The Bertz CT molecular complexity index is 534. The van der Waals surface area contributed by atoms with Crippen LogP contribution < -0.4 is 5.32 Å². The van der Waals surface area contributed by atoms with Crippen molar-refractivity contribution in [3.05, 3.63) is 40.0 Å². The molecule has 0 aliphatic heterocycles. The topological polar surface area (TPSA) is 37.8 Å². The van der Waals surface area contributed by atoms with Gasteiger partial charge in [-0.05, 0) is 31.9 Å². The van der Waals surface area contributed by atoms with Gasteiger partial charge in [0.15, 0.2) is 0 Å². The molecule has 0 aromatic carbocycles. The van der Waals surface area contributed by atoms with Gasteiger partial charge in [-0.3, -0.25) is 0 Å². The van der Waals surface area contributed by atoms with E-state index in [1.54, 1.807) is 6.33 Å². The molecule has 4 heteroatoms. The van der Waals surface area contributed by atoms with E-state index >= 15 is 0 Å². The smallest absolute Gasteiger partial charge is 0.129 e. The summed E-state index contributed by atoms with van der Waals surface area (Å²) in [6.45, 7) is 8.62. The van der Waals surface area contributed by atoms with Crippen molar-refractivity contribution >= 4 is 17.2 Å². The SMILES string of the molecule is Cc1ccc(CC(C)Nc2cc(C(C)C)ncn2)s1. The standard InChI is InChI=1S/C15H21N3S/c1-10(2)14-8-15(17-9-16-14)18-11(3)7-13-6-5-12(4)19-13/h5-6,8-11H,7H2,1-4H3,(H,16,17,18). The van der Waals surface area contributed by atoms with Crippen LogP contribution in [0.25, 0.3) is 0 Å². The summed E-state index contributed by atoms with van der Waals surface area (Å²) in [5, 5.41) is 3.45. The van der Waals surface area contributed by atoms with Crippen LogP contribution in [0.3, 0.4) is 0 Å². The summed E-state index contributed by atoms with van der Waals surface area (Å²) in [4.78, 5) is 11.4. The second-order valence-corrected chi connectivity index (χ2v) is 6.62. The van der Waals surface area contributed by atoms with Crippen LogP contribution >= 0.6 is 11.3 Å². The summed E-state index contributed by atoms with van der Waals surface area (Å²) >= 11 is 1.86. The van der Waals surface area contributed by atoms with Gasteiger partial charge in [0, 0.05) is 34.0 Å². The number of anilines is 1. The molecule has 0 aliphatic carbocycles. The highest BCUT2D eigenvalue weighted by molar-refractivity contribution is 7.11. The summed E-state index contributed by atoms with van der Waals surface area (Å²) in [5.74, 6) is 1.35. The molecular weight excluding hydrogens is 254 g/mol. The Kier molecular flexibility index (Phi) is 4.53. The fraction of sp³-hybridized carbons (Fsp3) is 0.467. The number of hydrogen-bond donors (Lipinski definition) is 1. The van der Waals surface area contributed by atoms with E-state index in [9.17, 15) is 0 Å². The lowest BCUT2D eigenvalue weighted by molar-refractivity contribution is 0.781. The Hall–Kier alpha value is -1.42. The van der Waals surface area contributed by atoms with Gasteiger partial charge in [0.1, 0.15) is 12.1 Å². The summed E-state index contributed by atoms with van der Waals surface area (Å²) in [7, 11) is 0. The van der Waals surface area contributed by atoms with Gasteiger partial charge >= 0.3 is 0 Å². The van der Waals surface area contributed by atoms with Crippen molar-refractivity contribution in [1.82, 2.24) is 9.97 Å². The van der Waals surface area contributed by atoms with Gasteiger partial charge in [-0.2, -0.15) is 0 Å². The van der Waals surface area contributed by atoms with Crippen molar-refractivity contribution in [2.24, 2.45) is 0 Å². The lowest BCUT2D eigenvalue weighted by Gasteiger charge is -2.14. The molecule has 2 heterocycles. The van der Waals surface area contributed by atoms with Gasteiger partial charge in [0.2, 0.25) is 0 Å². The maximum atomic E-state index is 4.29. The lowest BCUT2D eigenvalue weighted by atomic mass is 10.1. The maximum absolute atomic E-state index is 4.29. The average molecular weight is 275 g/mol. The maximum Gasteiger partial charge on any atom is 0.129 e. The largest absolute Gasteiger partial charge is 0.367 e. The second-order valence-electron chi connectivity index (χ2n) is 5.24. The van der Waals surface area contributed by atoms with Crippen molar-refractivity contribution in [2.75, 3.05) is 5.32 Å². The van der Waals surface area contributed by atoms with Crippen molar-refractivity contribution in [2.45, 2.75) is 46.1 Å². The minimum Gasteiger partial charge on any atom is -0.367 e. The van der Waals surface area contributed by atoms with Crippen LogP contribution in [0.15, 0.2) is 24.5 Å². The summed E-state index contributed by atoms with van der Waals surface area (Å²) in [6, 6.07) is 6.79. The quantitative estimate of drug-likeness (QED) is 0.895. The van der Waals surface area contributed by atoms with E-state index in [4.69, 9.17) is 0 Å². The Labute approximate surface area is 119 Å². The molecule has 2 aromatic heterocycles. The molecule has 0 fully saturated rings. The number of nitrogens with one attached hydrogen (secondary N) is 1. The Morgan fingerprint density at radius 2 is 2.00 bits per heavy atom. The number of nitrogens with zero attached hydrogens (tertiary/aromatic N) is 2. The van der Waals surface area contributed by atoms with E-state index in [2.05, 4.69) is 55.1 Å². The molecule has 0 saturated carbocycles. The van der Waals surface area contributed by atoms with Crippen LogP contribution in [0.1, 0.15) is 42.1 Å². The summed E-state index contributed by atoms with van der Waals surface area (Å²) in [5.41, 5.74) is 1.08. The van der Waals surface area contributed by atoms with Gasteiger partial charge in [0.25, 0.3) is 0 Å². The molecule has 1 unspecified atom stereocenters. The van der Waals surface area contributed by atoms with E-state index < -0.39 is 0 Å². The Balaban J connectivity index is 1.98. The zero-order valence-electron chi connectivity index (χ0n) is 12.0. The van der Waals surface area contributed by atoms with E-state index in [0.717, 1.165) is 17.9 Å². The predicted molar refractivity (Wildman–Crippen MR) is 82.0 cm³/mol. The highest BCUT2D eigenvalue weighted by Gasteiger charge is 2.08. The van der Waals surface area contributed by atoms with Gasteiger partial charge in [-0.25, -0.2) is 9.97 Å². The molecule has 0 amide bonds. The van der Waals surface area contributed by atoms with Crippen molar-refractivity contribution in [3.63, 3.8) is 0 Å².